The van der Waals surface area contributed by atoms with Crippen LogP contribution in [0.25, 0.3) is 5.69 Å². The Labute approximate surface area is 192 Å². The second-order valence-electron chi connectivity index (χ2n) is 7.64. The number of anilines is 1. The van der Waals surface area contributed by atoms with E-state index in [1.807, 2.05) is 37.3 Å². The Morgan fingerprint density at radius 2 is 1.79 bits per heavy atom. The van der Waals surface area contributed by atoms with Gasteiger partial charge < -0.3 is 5.32 Å². The molecule has 0 saturated heterocycles. The van der Waals surface area contributed by atoms with E-state index in [9.17, 15) is 13.2 Å². The molecule has 3 aromatic carbocycles. The molecule has 0 saturated carbocycles. The molecule has 0 unspecified atom stereocenters. The Kier molecular flexibility index (Phi) is 6.23. The number of aryl methyl sites for hydroxylation is 2. The number of benzene rings is 3. The number of nitrogens with one attached hydrogen (secondary N) is 2. The van der Waals surface area contributed by atoms with Crippen LogP contribution in [-0.4, -0.2) is 29.1 Å². The smallest absolute Gasteiger partial charge is 0.262 e. The number of rotatable bonds is 7. The predicted molar refractivity (Wildman–Crippen MR) is 126 cm³/mol. The molecule has 8 nitrogen and oxygen atoms in total. The van der Waals surface area contributed by atoms with Gasteiger partial charge in [0.1, 0.15) is 12.7 Å². The van der Waals surface area contributed by atoms with E-state index in [4.69, 9.17) is 0 Å². The van der Waals surface area contributed by atoms with Crippen LogP contribution < -0.4 is 10.0 Å². The van der Waals surface area contributed by atoms with Crippen LogP contribution in [0.4, 0.5) is 5.69 Å². The molecule has 0 aliphatic heterocycles. The molecule has 0 spiro atoms. The average Bonchev–Trinajstić information content (AvgIpc) is 3.34. The van der Waals surface area contributed by atoms with Crippen molar-refractivity contribution in [2.45, 2.75) is 25.3 Å². The molecule has 168 valence electrons. The first-order valence-electron chi connectivity index (χ1n) is 10.2. The van der Waals surface area contributed by atoms with Crippen LogP contribution in [0.15, 0.2) is 84.3 Å². The van der Waals surface area contributed by atoms with Gasteiger partial charge in [0.25, 0.3) is 15.9 Å². The van der Waals surface area contributed by atoms with Crippen LogP contribution in [0.2, 0.25) is 0 Å². The summed E-state index contributed by atoms with van der Waals surface area (Å²) in [5, 5.41) is 6.94. The second kappa shape index (κ2) is 9.25. The van der Waals surface area contributed by atoms with E-state index in [0.717, 1.165) is 16.8 Å². The number of amides is 1. The molecule has 9 heteroatoms. The molecule has 0 bridgehead atoms. The standard InChI is InChI=1S/C24H23N5O3S/c1-17-6-7-18(2)23(12-17)33(31,32)28-21-5-3-4-20(13-21)24(30)26-14-19-8-10-22(11-9-19)29-16-25-15-27-29/h3-13,15-16,28H,14H2,1-2H3,(H,26,30). The van der Waals surface area contributed by atoms with Gasteiger partial charge >= 0.3 is 0 Å². The lowest BCUT2D eigenvalue weighted by molar-refractivity contribution is 0.0951. The van der Waals surface area contributed by atoms with Crippen LogP contribution in [0.3, 0.4) is 0 Å². The first kappa shape index (κ1) is 22.2. The molecule has 0 aliphatic rings. The van der Waals surface area contributed by atoms with Gasteiger partial charge in [-0.1, -0.05) is 30.3 Å². The number of hydrogen-bond acceptors (Lipinski definition) is 5. The predicted octanol–water partition coefficient (Wildman–Crippen LogP) is 3.61. The Bertz CT molecular complexity index is 1380. The van der Waals surface area contributed by atoms with E-state index in [1.54, 1.807) is 48.3 Å². The van der Waals surface area contributed by atoms with Crippen molar-refractivity contribution < 1.29 is 13.2 Å². The van der Waals surface area contributed by atoms with E-state index in [1.165, 1.54) is 12.4 Å². The van der Waals surface area contributed by atoms with E-state index < -0.39 is 10.0 Å². The Morgan fingerprint density at radius 3 is 2.52 bits per heavy atom. The Hall–Kier alpha value is -3.98. The highest BCUT2D eigenvalue weighted by atomic mass is 32.2. The van der Waals surface area contributed by atoms with Gasteiger partial charge in [0.15, 0.2) is 0 Å². The molecule has 1 heterocycles. The van der Waals surface area contributed by atoms with Crippen LogP contribution in [0, 0.1) is 13.8 Å². The fraction of sp³-hybridized carbons (Fsp3) is 0.125. The van der Waals surface area contributed by atoms with Gasteiger partial charge in [0, 0.05) is 17.8 Å². The Balaban J connectivity index is 1.43. The zero-order chi connectivity index (χ0) is 23.4. The van der Waals surface area contributed by atoms with Crippen molar-refractivity contribution in [2.24, 2.45) is 0 Å². The van der Waals surface area contributed by atoms with Crippen molar-refractivity contribution in [3.63, 3.8) is 0 Å². The summed E-state index contributed by atoms with van der Waals surface area (Å²) in [6.07, 6.45) is 3.07. The SMILES string of the molecule is Cc1ccc(C)c(S(=O)(=O)Nc2cccc(C(=O)NCc3ccc(-n4cncn4)cc3)c2)c1. The van der Waals surface area contributed by atoms with Crippen molar-refractivity contribution >= 4 is 21.6 Å². The summed E-state index contributed by atoms with van der Waals surface area (Å²) >= 11 is 0. The minimum absolute atomic E-state index is 0.215. The zero-order valence-electron chi connectivity index (χ0n) is 18.2. The normalized spacial score (nSPS) is 11.2. The first-order valence-corrected chi connectivity index (χ1v) is 11.7. The molecule has 1 amide bonds. The van der Waals surface area contributed by atoms with Crippen molar-refractivity contribution in [1.29, 1.82) is 0 Å². The highest BCUT2D eigenvalue weighted by Crippen LogP contribution is 2.21. The molecule has 33 heavy (non-hydrogen) atoms. The van der Waals surface area contributed by atoms with E-state index in [-0.39, 0.29) is 10.8 Å². The lowest BCUT2D eigenvalue weighted by atomic mass is 10.1. The van der Waals surface area contributed by atoms with Crippen molar-refractivity contribution in [1.82, 2.24) is 20.1 Å². The van der Waals surface area contributed by atoms with Crippen LogP contribution in [0.1, 0.15) is 27.0 Å². The zero-order valence-corrected chi connectivity index (χ0v) is 19.0. The fourth-order valence-electron chi connectivity index (χ4n) is 3.32. The second-order valence-corrected chi connectivity index (χ2v) is 9.30. The van der Waals surface area contributed by atoms with Crippen LogP contribution in [0.5, 0.6) is 0 Å². The van der Waals surface area contributed by atoms with Gasteiger partial charge in [-0.15, -0.1) is 0 Å². The highest BCUT2D eigenvalue weighted by molar-refractivity contribution is 7.92. The summed E-state index contributed by atoms with van der Waals surface area (Å²) < 4.78 is 29.9. The average molecular weight is 462 g/mol. The maximum atomic E-state index is 12.9. The minimum Gasteiger partial charge on any atom is -0.348 e. The number of carbonyl (C=O) groups is 1. The van der Waals surface area contributed by atoms with Gasteiger partial charge in [-0.25, -0.2) is 18.1 Å². The topological polar surface area (TPSA) is 106 Å². The molecule has 1 aromatic heterocycles. The summed E-state index contributed by atoms with van der Waals surface area (Å²) in [6.45, 7) is 3.91. The highest BCUT2D eigenvalue weighted by Gasteiger charge is 2.18. The van der Waals surface area contributed by atoms with E-state index in [2.05, 4.69) is 20.1 Å². The molecule has 4 rings (SSSR count). The van der Waals surface area contributed by atoms with Crippen molar-refractivity contribution in [2.75, 3.05) is 4.72 Å². The molecular weight excluding hydrogens is 438 g/mol. The quantitative estimate of drug-likeness (QED) is 0.437. The van der Waals surface area contributed by atoms with Crippen molar-refractivity contribution in [3.8, 4) is 5.69 Å². The molecular formula is C24H23N5O3S. The maximum Gasteiger partial charge on any atom is 0.262 e. The molecule has 0 aliphatic carbocycles. The van der Waals surface area contributed by atoms with E-state index >= 15 is 0 Å². The van der Waals surface area contributed by atoms with Crippen molar-refractivity contribution in [3.05, 3.63) is 102 Å². The maximum absolute atomic E-state index is 12.9. The molecule has 0 atom stereocenters. The number of nitrogens with zero attached hydrogens (tertiary/aromatic N) is 3. The largest absolute Gasteiger partial charge is 0.348 e. The summed E-state index contributed by atoms with van der Waals surface area (Å²) in [7, 11) is -3.78. The molecule has 0 fully saturated rings. The summed E-state index contributed by atoms with van der Waals surface area (Å²) in [6, 6.07) is 19.2. The third kappa shape index (κ3) is 5.27. The molecule has 2 N–H and O–H groups in total. The minimum atomic E-state index is -3.78. The molecule has 0 radical (unpaired) electrons. The Morgan fingerprint density at radius 1 is 1.00 bits per heavy atom. The number of hydrogen-bond donors (Lipinski definition) is 2. The summed E-state index contributed by atoms with van der Waals surface area (Å²) in [4.78, 5) is 16.8. The third-order valence-corrected chi connectivity index (χ3v) is 6.61. The van der Waals surface area contributed by atoms with Gasteiger partial charge in [-0.05, 0) is 66.9 Å². The molecule has 4 aromatic rings. The van der Waals surface area contributed by atoms with Crippen LogP contribution in [-0.2, 0) is 16.6 Å². The monoisotopic (exact) mass is 461 g/mol. The van der Waals surface area contributed by atoms with Gasteiger partial charge in [0.05, 0.1) is 10.6 Å². The third-order valence-electron chi connectivity index (χ3n) is 5.08. The number of carbonyl (C=O) groups excluding carboxylic acids is 1. The van der Waals surface area contributed by atoms with Gasteiger partial charge in [-0.3, -0.25) is 9.52 Å². The van der Waals surface area contributed by atoms with Crippen LogP contribution >= 0.6 is 0 Å². The van der Waals surface area contributed by atoms with Gasteiger partial charge in [0.2, 0.25) is 0 Å². The van der Waals surface area contributed by atoms with Gasteiger partial charge in [-0.2, -0.15) is 5.10 Å². The summed E-state index contributed by atoms with van der Waals surface area (Å²) in [5.41, 5.74) is 3.96. The fourth-order valence-corrected chi connectivity index (χ4v) is 4.70. The first-order chi connectivity index (χ1) is 15.8. The number of aromatic nitrogens is 3. The van der Waals surface area contributed by atoms with E-state index in [0.29, 0.717) is 23.4 Å². The summed E-state index contributed by atoms with van der Waals surface area (Å²) in [5.74, 6) is -0.303. The lowest BCUT2D eigenvalue weighted by Gasteiger charge is -2.12. The lowest BCUT2D eigenvalue weighted by Crippen LogP contribution is -2.23. The number of sulfonamides is 1.